The van der Waals surface area contributed by atoms with Crippen LogP contribution in [0.1, 0.15) is 28.5 Å². The van der Waals surface area contributed by atoms with Crippen molar-refractivity contribution in [2.75, 3.05) is 18.5 Å². The van der Waals surface area contributed by atoms with Gasteiger partial charge in [0.1, 0.15) is 11.0 Å². The molecule has 1 aromatic heterocycles. The van der Waals surface area contributed by atoms with E-state index in [-0.39, 0.29) is 23.4 Å². The first-order valence-electron chi connectivity index (χ1n) is 7.32. The number of nitrogens with zero attached hydrogens (tertiary/aromatic N) is 3. The average Bonchev–Trinajstić information content (AvgIpc) is 2.77. The van der Waals surface area contributed by atoms with Crippen LogP contribution in [0.3, 0.4) is 0 Å². The van der Waals surface area contributed by atoms with Gasteiger partial charge in [-0.15, -0.1) is 0 Å². The zero-order valence-corrected chi connectivity index (χ0v) is 14.4. The first-order chi connectivity index (χ1) is 10.8. The molecule has 0 aliphatic heterocycles. The Labute approximate surface area is 140 Å². The second-order valence-corrected chi connectivity index (χ2v) is 5.72. The molecule has 0 radical (unpaired) electrons. The van der Waals surface area contributed by atoms with Crippen LogP contribution in [-0.2, 0) is 13.6 Å². The smallest absolute Gasteiger partial charge is 0.256 e. The van der Waals surface area contributed by atoms with Gasteiger partial charge in [0.25, 0.3) is 5.91 Å². The highest BCUT2D eigenvalue weighted by molar-refractivity contribution is 6.33. The molecular formula is C16H20ClFN4O. The fourth-order valence-electron chi connectivity index (χ4n) is 2.30. The molecule has 2 aromatic rings. The van der Waals surface area contributed by atoms with Crippen LogP contribution < -0.4 is 10.2 Å². The van der Waals surface area contributed by atoms with E-state index < -0.39 is 0 Å². The number of hydrogen-bond acceptors (Lipinski definition) is 3. The minimum atomic E-state index is -0.323. The van der Waals surface area contributed by atoms with Gasteiger partial charge in [0.2, 0.25) is 0 Å². The summed E-state index contributed by atoms with van der Waals surface area (Å²) < 4.78 is 15.5. The standard InChI is InChI=1S/C16H20ClFN4O/c1-5-21(3)13-7-6-11(8-12(13)18)9-19-16(23)14-10(2)20-22(4)15(14)17/h6-8H,5,9H2,1-4H3,(H,19,23). The second-order valence-electron chi connectivity index (χ2n) is 5.36. The Morgan fingerprint density at radius 1 is 1.48 bits per heavy atom. The topological polar surface area (TPSA) is 50.2 Å². The van der Waals surface area contributed by atoms with Crippen molar-refractivity contribution in [3.63, 3.8) is 0 Å². The fourth-order valence-corrected chi connectivity index (χ4v) is 2.56. The number of benzene rings is 1. The lowest BCUT2D eigenvalue weighted by Gasteiger charge is -2.18. The van der Waals surface area contributed by atoms with Crippen molar-refractivity contribution in [2.24, 2.45) is 7.05 Å². The van der Waals surface area contributed by atoms with Gasteiger partial charge < -0.3 is 10.2 Å². The van der Waals surface area contributed by atoms with Crippen molar-refractivity contribution in [1.29, 1.82) is 0 Å². The molecular weight excluding hydrogens is 319 g/mol. The third kappa shape index (κ3) is 3.64. The van der Waals surface area contributed by atoms with Gasteiger partial charge in [-0.3, -0.25) is 9.48 Å². The highest BCUT2D eigenvalue weighted by Gasteiger charge is 2.18. The molecule has 7 heteroatoms. The molecule has 1 heterocycles. The number of anilines is 1. The average molecular weight is 339 g/mol. The number of hydrogen-bond donors (Lipinski definition) is 1. The lowest BCUT2D eigenvalue weighted by Crippen LogP contribution is -2.24. The van der Waals surface area contributed by atoms with E-state index in [4.69, 9.17) is 11.6 Å². The van der Waals surface area contributed by atoms with Crippen LogP contribution in [-0.4, -0.2) is 29.3 Å². The minimum Gasteiger partial charge on any atom is -0.373 e. The number of halogens is 2. The Balaban J connectivity index is 2.09. The minimum absolute atomic E-state index is 0.219. The summed E-state index contributed by atoms with van der Waals surface area (Å²) in [5, 5.41) is 7.13. The third-order valence-corrected chi connectivity index (χ3v) is 4.16. The van der Waals surface area contributed by atoms with Crippen molar-refractivity contribution < 1.29 is 9.18 Å². The Morgan fingerprint density at radius 3 is 2.70 bits per heavy atom. The zero-order chi connectivity index (χ0) is 17.1. The molecule has 124 valence electrons. The molecule has 0 aliphatic carbocycles. The van der Waals surface area contributed by atoms with Crippen LogP contribution in [0.2, 0.25) is 5.15 Å². The van der Waals surface area contributed by atoms with Gasteiger partial charge in [-0.05, 0) is 31.5 Å². The van der Waals surface area contributed by atoms with Gasteiger partial charge in [0.15, 0.2) is 0 Å². The monoisotopic (exact) mass is 338 g/mol. The highest BCUT2D eigenvalue weighted by Crippen LogP contribution is 2.20. The van der Waals surface area contributed by atoms with E-state index in [1.165, 1.54) is 10.7 Å². The van der Waals surface area contributed by atoms with Crippen molar-refractivity contribution in [1.82, 2.24) is 15.1 Å². The number of carbonyl (C=O) groups is 1. The molecule has 0 spiro atoms. The predicted molar refractivity (Wildman–Crippen MR) is 89.5 cm³/mol. The maximum absolute atomic E-state index is 14.1. The molecule has 0 bridgehead atoms. The molecule has 1 amide bonds. The summed E-state index contributed by atoms with van der Waals surface area (Å²) >= 11 is 6.06. The largest absolute Gasteiger partial charge is 0.373 e. The Bertz CT molecular complexity index is 729. The molecule has 2 rings (SSSR count). The Kier molecular flexibility index (Phi) is 5.26. The van der Waals surface area contributed by atoms with Gasteiger partial charge in [-0.1, -0.05) is 17.7 Å². The van der Waals surface area contributed by atoms with E-state index in [2.05, 4.69) is 10.4 Å². The molecule has 0 fully saturated rings. The third-order valence-electron chi connectivity index (χ3n) is 3.73. The lowest BCUT2D eigenvalue weighted by atomic mass is 10.1. The second kappa shape index (κ2) is 7.00. The first-order valence-corrected chi connectivity index (χ1v) is 7.69. The summed E-state index contributed by atoms with van der Waals surface area (Å²) in [6.45, 7) is 4.60. The molecule has 0 aliphatic rings. The predicted octanol–water partition coefficient (Wildman–Crippen LogP) is 2.91. The van der Waals surface area contributed by atoms with Gasteiger partial charge in [0.05, 0.1) is 16.9 Å². The van der Waals surface area contributed by atoms with Gasteiger partial charge in [-0.2, -0.15) is 5.10 Å². The Morgan fingerprint density at radius 2 is 2.17 bits per heavy atom. The molecule has 0 saturated carbocycles. The maximum Gasteiger partial charge on any atom is 0.256 e. The van der Waals surface area contributed by atoms with Crippen molar-refractivity contribution in [3.8, 4) is 0 Å². The fraction of sp³-hybridized carbons (Fsp3) is 0.375. The quantitative estimate of drug-likeness (QED) is 0.912. The normalized spacial score (nSPS) is 10.7. The number of nitrogens with one attached hydrogen (secondary N) is 1. The van der Waals surface area contributed by atoms with Crippen molar-refractivity contribution in [2.45, 2.75) is 20.4 Å². The van der Waals surface area contributed by atoms with Crippen LogP contribution in [0.5, 0.6) is 0 Å². The molecule has 5 nitrogen and oxygen atoms in total. The number of amides is 1. The van der Waals surface area contributed by atoms with E-state index in [0.717, 1.165) is 0 Å². The summed E-state index contributed by atoms with van der Waals surface area (Å²) in [5.74, 6) is -0.632. The zero-order valence-electron chi connectivity index (χ0n) is 13.7. The summed E-state index contributed by atoms with van der Waals surface area (Å²) in [6, 6.07) is 4.94. The van der Waals surface area contributed by atoms with Crippen molar-refractivity contribution >= 4 is 23.2 Å². The Hall–Kier alpha value is -2.08. The van der Waals surface area contributed by atoms with Gasteiger partial charge >= 0.3 is 0 Å². The summed E-state index contributed by atoms with van der Waals surface area (Å²) in [4.78, 5) is 14.0. The molecule has 1 N–H and O–H groups in total. The summed E-state index contributed by atoms with van der Waals surface area (Å²) in [6.07, 6.45) is 0. The number of aryl methyl sites for hydroxylation is 2. The number of rotatable bonds is 5. The molecule has 0 saturated heterocycles. The van der Waals surface area contributed by atoms with Crippen LogP contribution in [0.4, 0.5) is 10.1 Å². The van der Waals surface area contributed by atoms with Crippen LogP contribution in [0.25, 0.3) is 0 Å². The van der Waals surface area contributed by atoms with Gasteiger partial charge in [0, 0.05) is 27.2 Å². The van der Waals surface area contributed by atoms with Crippen LogP contribution >= 0.6 is 11.6 Å². The van der Waals surface area contributed by atoms with E-state index in [1.807, 2.05) is 18.9 Å². The molecule has 0 unspecified atom stereocenters. The van der Waals surface area contributed by atoms with E-state index in [1.54, 1.807) is 26.1 Å². The van der Waals surface area contributed by atoms with E-state index >= 15 is 0 Å². The number of carbonyl (C=O) groups excluding carboxylic acids is 1. The van der Waals surface area contributed by atoms with Gasteiger partial charge in [-0.25, -0.2) is 4.39 Å². The molecule has 1 aromatic carbocycles. The van der Waals surface area contributed by atoms with E-state index in [0.29, 0.717) is 29.1 Å². The molecule has 23 heavy (non-hydrogen) atoms. The van der Waals surface area contributed by atoms with E-state index in [9.17, 15) is 9.18 Å². The van der Waals surface area contributed by atoms with Crippen molar-refractivity contribution in [3.05, 3.63) is 46.0 Å². The summed E-state index contributed by atoms with van der Waals surface area (Å²) in [7, 11) is 3.50. The highest BCUT2D eigenvalue weighted by atomic mass is 35.5. The SMILES string of the molecule is CCN(C)c1ccc(CNC(=O)c2c(C)nn(C)c2Cl)cc1F. The lowest BCUT2D eigenvalue weighted by molar-refractivity contribution is 0.0950. The first kappa shape index (κ1) is 17.3. The van der Waals surface area contributed by atoms with Crippen LogP contribution in [0, 0.1) is 12.7 Å². The maximum atomic E-state index is 14.1. The molecule has 0 atom stereocenters. The van der Waals surface area contributed by atoms with Crippen LogP contribution in [0.15, 0.2) is 18.2 Å². The number of aromatic nitrogens is 2. The summed E-state index contributed by atoms with van der Waals surface area (Å²) in [5.41, 5.74) is 2.12.